The summed E-state index contributed by atoms with van der Waals surface area (Å²) >= 11 is 0. The molecule has 17 heteroatoms. The van der Waals surface area contributed by atoms with Gasteiger partial charge < -0.3 is 47.4 Å². The molecule has 17 nitrogen and oxygen atoms in total. The molecule has 2 fully saturated rings. The van der Waals surface area contributed by atoms with E-state index >= 15 is 0 Å². The van der Waals surface area contributed by atoms with Gasteiger partial charge in [-0.15, -0.1) is 0 Å². The van der Waals surface area contributed by atoms with E-state index in [4.69, 9.17) is 47.4 Å². The van der Waals surface area contributed by atoms with Gasteiger partial charge in [0.1, 0.15) is 18.8 Å². The first-order valence-corrected chi connectivity index (χ1v) is 17.7. The molecule has 3 aromatic rings. The van der Waals surface area contributed by atoms with Crippen molar-refractivity contribution in [1.82, 2.24) is 0 Å². The molecule has 3 aromatic carbocycles. The fourth-order valence-corrected chi connectivity index (χ4v) is 6.01. The zero-order chi connectivity index (χ0) is 41.1. The van der Waals surface area contributed by atoms with Gasteiger partial charge in [0.15, 0.2) is 30.7 Å². The Balaban J connectivity index is 1.48. The van der Waals surface area contributed by atoms with Crippen LogP contribution in [0.15, 0.2) is 91.0 Å². The zero-order valence-corrected chi connectivity index (χ0v) is 31.2. The molecule has 5 rings (SSSR count). The molecule has 9 atom stereocenters. The van der Waals surface area contributed by atoms with Crippen molar-refractivity contribution in [2.75, 3.05) is 13.2 Å². The summed E-state index contributed by atoms with van der Waals surface area (Å²) < 4.78 is 57.1. The molecule has 0 amide bonds. The minimum atomic E-state index is -1.70. The Hall–Kier alpha value is -6.17. The molecular formula is C40H40O17. The average Bonchev–Trinajstić information content (AvgIpc) is 3.50. The predicted octanol–water partition coefficient (Wildman–Crippen LogP) is 3.12. The molecule has 0 N–H and O–H groups in total. The lowest BCUT2D eigenvalue weighted by Crippen LogP contribution is -2.63. The van der Waals surface area contributed by atoms with E-state index in [0.29, 0.717) is 0 Å². The van der Waals surface area contributed by atoms with Crippen LogP contribution >= 0.6 is 0 Å². The molecule has 2 saturated heterocycles. The average molecular weight is 793 g/mol. The summed E-state index contributed by atoms with van der Waals surface area (Å²) in [6.45, 7) is 3.08. The summed E-state index contributed by atoms with van der Waals surface area (Å²) in [7, 11) is 0. The first kappa shape index (κ1) is 42.0. The highest BCUT2D eigenvalue weighted by atomic mass is 16.8. The molecule has 0 aromatic heterocycles. The standard InChI is InChI=1S/C40H40O17/c1-22(41)50-31-30(55-40(53-25(4)44)35(52-24(3)43)33(31)51-23(2)42)21-49-39-34(57-38(47)28-18-12-7-13-19-28)32(56-37(46)27-16-10-6-11-17-27)29(54-39)20-48-36(45)26-14-8-5-9-15-26/h5-19,29-35,39-40H,20-21H2,1-4H3/t29-,30-,31+,32+,33+,34+,35+,39-,40-/m0/s1. The van der Waals surface area contributed by atoms with Crippen LogP contribution < -0.4 is 0 Å². The minimum absolute atomic E-state index is 0.124. The number of carbonyl (C=O) groups is 7. The molecular weight excluding hydrogens is 752 g/mol. The second kappa shape index (κ2) is 19.6. The van der Waals surface area contributed by atoms with E-state index in [2.05, 4.69) is 0 Å². The van der Waals surface area contributed by atoms with Gasteiger partial charge >= 0.3 is 41.8 Å². The number of benzene rings is 3. The monoisotopic (exact) mass is 792 g/mol. The lowest BCUT2D eigenvalue weighted by Gasteiger charge is -2.43. The number of esters is 7. The predicted molar refractivity (Wildman–Crippen MR) is 190 cm³/mol. The Morgan fingerprint density at radius 2 is 0.789 bits per heavy atom. The maximum absolute atomic E-state index is 13.5. The van der Waals surface area contributed by atoms with Crippen LogP contribution in [0.25, 0.3) is 0 Å². The van der Waals surface area contributed by atoms with Crippen LogP contribution in [0.3, 0.4) is 0 Å². The van der Waals surface area contributed by atoms with Gasteiger partial charge in [-0.1, -0.05) is 54.6 Å². The van der Waals surface area contributed by atoms with Crippen molar-refractivity contribution in [2.24, 2.45) is 0 Å². The van der Waals surface area contributed by atoms with Gasteiger partial charge in [0.2, 0.25) is 12.4 Å². The van der Waals surface area contributed by atoms with E-state index in [0.717, 1.165) is 27.7 Å². The van der Waals surface area contributed by atoms with Crippen molar-refractivity contribution in [1.29, 1.82) is 0 Å². The summed E-state index contributed by atoms with van der Waals surface area (Å²) in [5.41, 5.74) is 0.486. The Morgan fingerprint density at radius 1 is 0.421 bits per heavy atom. The number of ether oxygens (including phenoxy) is 10. The van der Waals surface area contributed by atoms with E-state index in [-0.39, 0.29) is 16.7 Å². The maximum Gasteiger partial charge on any atom is 0.338 e. The molecule has 57 heavy (non-hydrogen) atoms. The highest BCUT2D eigenvalue weighted by Gasteiger charge is 2.55. The van der Waals surface area contributed by atoms with Crippen LogP contribution in [0.2, 0.25) is 0 Å². The molecule has 0 aliphatic carbocycles. The first-order valence-electron chi connectivity index (χ1n) is 17.7. The number of rotatable bonds is 14. The van der Waals surface area contributed by atoms with Crippen LogP contribution in [-0.4, -0.2) is 110 Å². The van der Waals surface area contributed by atoms with E-state index in [1.807, 2.05) is 0 Å². The first-order chi connectivity index (χ1) is 27.3. The maximum atomic E-state index is 13.5. The normalized spacial score (nSPS) is 25.2. The fourth-order valence-electron chi connectivity index (χ4n) is 6.01. The van der Waals surface area contributed by atoms with Gasteiger partial charge in [-0.3, -0.25) is 19.2 Å². The Kier molecular flexibility index (Phi) is 14.4. The van der Waals surface area contributed by atoms with Crippen LogP contribution in [0.4, 0.5) is 0 Å². The van der Waals surface area contributed by atoms with Crippen LogP contribution in [-0.2, 0) is 66.5 Å². The number of hydrogen-bond donors (Lipinski definition) is 0. The lowest BCUT2D eigenvalue weighted by atomic mass is 9.98. The van der Waals surface area contributed by atoms with Gasteiger partial charge in [0.05, 0.1) is 23.3 Å². The SMILES string of the molecule is CC(=O)O[C@H]1O[C@@H](CO[C@H]2O[C@@H](COC(=O)c3ccccc3)[C@@H](OC(=O)c3ccccc3)[C@H]2OC(=O)c2ccccc2)[C@@H](OC(C)=O)[C@@H](OC(C)=O)[C@H]1OC(C)=O. The Morgan fingerprint density at radius 3 is 1.28 bits per heavy atom. The quantitative estimate of drug-likeness (QED) is 0.169. The fraction of sp³-hybridized carbons (Fsp3) is 0.375. The van der Waals surface area contributed by atoms with Gasteiger partial charge in [-0.2, -0.15) is 0 Å². The van der Waals surface area contributed by atoms with E-state index in [1.54, 1.807) is 54.6 Å². The van der Waals surface area contributed by atoms with Gasteiger partial charge in [0.25, 0.3) is 0 Å². The summed E-state index contributed by atoms with van der Waals surface area (Å²) in [5, 5.41) is 0. The second-order valence-electron chi connectivity index (χ2n) is 12.7. The molecule has 2 heterocycles. The van der Waals surface area contributed by atoms with Crippen molar-refractivity contribution >= 4 is 41.8 Å². The van der Waals surface area contributed by atoms with Crippen molar-refractivity contribution < 1.29 is 80.9 Å². The highest BCUT2D eigenvalue weighted by Crippen LogP contribution is 2.33. The van der Waals surface area contributed by atoms with Crippen molar-refractivity contribution in [3.63, 3.8) is 0 Å². The number of carbonyl (C=O) groups excluding carboxylic acids is 7. The van der Waals surface area contributed by atoms with E-state index < -0.39 is 110 Å². The topological polar surface area (TPSA) is 212 Å². The largest absolute Gasteiger partial charge is 0.459 e. The van der Waals surface area contributed by atoms with Gasteiger partial charge in [-0.25, -0.2) is 14.4 Å². The molecule has 0 saturated carbocycles. The Bertz CT molecular complexity index is 1890. The van der Waals surface area contributed by atoms with Crippen molar-refractivity contribution in [3.05, 3.63) is 108 Å². The molecule has 302 valence electrons. The van der Waals surface area contributed by atoms with Crippen molar-refractivity contribution in [2.45, 2.75) is 83.0 Å². The van der Waals surface area contributed by atoms with Gasteiger partial charge in [-0.05, 0) is 36.4 Å². The van der Waals surface area contributed by atoms with E-state index in [1.165, 1.54) is 36.4 Å². The molecule has 0 radical (unpaired) electrons. The zero-order valence-electron chi connectivity index (χ0n) is 31.2. The van der Waals surface area contributed by atoms with Crippen LogP contribution in [0.1, 0.15) is 58.8 Å². The summed E-state index contributed by atoms with van der Waals surface area (Å²) in [5.74, 6) is -5.90. The molecule has 0 unspecified atom stereocenters. The third-order valence-corrected chi connectivity index (χ3v) is 8.37. The molecule has 2 aliphatic heterocycles. The second-order valence-corrected chi connectivity index (χ2v) is 12.7. The van der Waals surface area contributed by atoms with Crippen LogP contribution in [0.5, 0.6) is 0 Å². The number of hydrogen-bond acceptors (Lipinski definition) is 17. The van der Waals surface area contributed by atoms with Crippen molar-refractivity contribution in [3.8, 4) is 0 Å². The van der Waals surface area contributed by atoms with Crippen LogP contribution in [0, 0.1) is 0 Å². The third kappa shape index (κ3) is 11.4. The van der Waals surface area contributed by atoms with Gasteiger partial charge in [0, 0.05) is 27.7 Å². The smallest absolute Gasteiger partial charge is 0.338 e. The third-order valence-electron chi connectivity index (χ3n) is 8.37. The van der Waals surface area contributed by atoms with E-state index in [9.17, 15) is 33.6 Å². The Labute approximate surface area is 326 Å². The highest BCUT2D eigenvalue weighted by molar-refractivity contribution is 5.91. The molecule has 0 spiro atoms. The summed E-state index contributed by atoms with van der Waals surface area (Å²) in [6.07, 6.45) is -13.7. The minimum Gasteiger partial charge on any atom is -0.459 e. The summed E-state index contributed by atoms with van der Waals surface area (Å²) in [6, 6.07) is 23.8. The molecule has 2 aliphatic rings. The molecule has 0 bridgehead atoms. The lowest BCUT2D eigenvalue weighted by molar-refractivity contribution is -0.307. The summed E-state index contributed by atoms with van der Waals surface area (Å²) in [4.78, 5) is 88.8.